The third-order valence-electron chi connectivity index (χ3n) is 1.99. The second-order valence-electron chi connectivity index (χ2n) is 3.16. The molecule has 86 valence electrons. The Morgan fingerprint density at radius 1 is 1.29 bits per heavy atom. The molecule has 2 rings (SSSR count). The van der Waals surface area contributed by atoms with Crippen molar-refractivity contribution in [3.8, 4) is 5.88 Å². The van der Waals surface area contributed by atoms with E-state index in [-0.39, 0.29) is 17.4 Å². The maximum Gasteiger partial charge on any atom is 0.311 e. The fourth-order valence-electron chi connectivity index (χ4n) is 1.24. The highest BCUT2D eigenvalue weighted by Crippen LogP contribution is 2.24. The summed E-state index contributed by atoms with van der Waals surface area (Å²) in [6.45, 7) is 0. The predicted molar refractivity (Wildman–Crippen MR) is 60.1 cm³/mol. The van der Waals surface area contributed by atoms with Gasteiger partial charge in [0.2, 0.25) is 11.7 Å². The van der Waals surface area contributed by atoms with Gasteiger partial charge < -0.3 is 10.4 Å². The number of rotatable bonds is 3. The van der Waals surface area contributed by atoms with Crippen LogP contribution in [0.1, 0.15) is 0 Å². The third kappa shape index (κ3) is 2.46. The smallest absolute Gasteiger partial charge is 0.311 e. The molecule has 17 heavy (non-hydrogen) atoms. The highest BCUT2D eigenvalue weighted by Gasteiger charge is 2.13. The Hall–Kier alpha value is -2.70. The average molecular weight is 232 g/mol. The van der Waals surface area contributed by atoms with E-state index in [0.29, 0.717) is 5.69 Å². The van der Waals surface area contributed by atoms with Gasteiger partial charge in [0.05, 0.1) is 16.8 Å². The monoisotopic (exact) mass is 232 g/mol. The topological polar surface area (TPSA) is 101 Å². The van der Waals surface area contributed by atoms with E-state index in [4.69, 9.17) is 5.11 Å². The van der Waals surface area contributed by atoms with Crippen molar-refractivity contribution in [1.29, 1.82) is 0 Å². The summed E-state index contributed by atoms with van der Waals surface area (Å²) in [5.41, 5.74) is 0.380. The number of nitro groups is 1. The number of pyridine rings is 2. The zero-order chi connectivity index (χ0) is 12.3. The Bertz CT molecular complexity index is 542. The minimum Gasteiger partial charge on any atom is -0.493 e. The summed E-state index contributed by atoms with van der Waals surface area (Å²) in [4.78, 5) is 17.7. The van der Waals surface area contributed by atoms with Gasteiger partial charge in [-0.25, -0.2) is 9.97 Å². The number of nitrogens with zero attached hydrogens (tertiary/aromatic N) is 3. The van der Waals surface area contributed by atoms with Gasteiger partial charge in [-0.1, -0.05) is 0 Å². The molecule has 0 saturated heterocycles. The Labute approximate surface area is 95.9 Å². The Morgan fingerprint density at radius 3 is 2.76 bits per heavy atom. The molecule has 0 amide bonds. The van der Waals surface area contributed by atoms with Crippen LogP contribution in [-0.2, 0) is 0 Å². The molecule has 0 radical (unpaired) electrons. The van der Waals surface area contributed by atoms with Crippen LogP contribution >= 0.6 is 0 Å². The predicted octanol–water partition coefficient (Wildman–Crippen LogP) is 1.83. The zero-order valence-corrected chi connectivity index (χ0v) is 8.57. The number of nitrogens with one attached hydrogen (secondary N) is 1. The van der Waals surface area contributed by atoms with Crippen molar-refractivity contribution in [2.24, 2.45) is 0 Å². The summed E-state index contributed by atoms with van der Waals surface area (Å²) in [5, 5.41) is 22.5. The number of anilines is 2. The molecule has 2 aromatic rings. The van der Waals surface area contributed by atoms with Crippen LogP contribution in [0.15, 0.2) is 36.7 Å². The Balaban J connectivity index is 2.30. The zero-order valence-electron chi connectivity index (χ0n) is 8.57. The molecule has 0 spiro atoms. The van der Waals surface area contributed by atoms with Crippen LogP contribution in [0, 0.1) is 10.1 Å². The van der Waals surface area contributed by atoms with Gasteiger partial charge in [-0.2, -0.15) is 0 Å². The molecule has 2 heterocycles. The molecule has 0 atom stereocenters. The lowest BCUT2D eigenvalue weighted by atomic mass is 10.3. The molecule has 7 nitrogen and oxygen atoms in total. The summed E-state index contributed by atoms with van der Waals surface area (Å²) >= 11 is 0. The first-order chi connectivity index (χ1) is 8.16. The van der Waals surface area contributed by atoms with Gasteiger partial charge in [0.25, 0.3) is 0 Å². The maximum absolute atomic E-state index is 10.7. The Kier molecular flexibility index (Phi) is 2.82. The number of aromatic nitrogens is 2. The van der Waals surface area contributed by atoms with Gasteiger partial charge in [-0.3, -0.25) is 10.1 Å². The largest absolute Gasteiger partial charge is 0.493 e. The van der Waals surface area contributed by atoms with Crippen LogP contribution in [0.25, 0.3) is 0 Å². The molecule has 0 saturated carbocycles. The van der Waals surface area contributed by atoms with Crippen molar-refractivity contribution in [1.82, 2.24) is 9.97 Å². The second-order valence-corrected chi connectivity index (χ2v) is 3.16. The van der Waals surface area contributed by atoms with Crippen molar-refractivity contribution < 1.29 is 10.0 Å². The molecule has 0 aromatic carbocycles. The van der Waals surface area contributed by atoms with Crippen LogP contribution in [-0.4, -0.2) is 20.0 Å². The first kappa shape index (κ1) is 10.8. The van der Waals surface area contributed by atoms with Crippen molar-refractivity contribution in [2.45, 2.75) is 0 Å². The summed E-state index contributed by atoms with van der Waals surface area (Å²) in [6, 6.07) is 5.75. The minimum atomic E-state index is -0.525. The fraction of sp³-hybridized carbons (Fsp3) is 0. The highest BCUT2D eigenvalue weighted by molar-refractivity contribution is 5.64. The lowest BCUT2D eigenvalue weighted by Crippen LogP contribution is -1.99. The summed E-state index contributed by atoms with van der Waals surface area (Å²) in [6.07, 6.45) is 2.80. The Morgan fingerprint density at radius 2 is 2.12 bits per heavy atom. The first-order valence-corrected chi connectivity index (χ1v) is 4.68. The van der Waals surface area contributed by atoms with Gasteiger partial charge in [0, 0.05) is 18.3 Å². The molecule has 2 N–H and O–H groups in total. The average Bonchev–Trinajstić information content (AvgIpc) is 2.32. The molecule has 0 aliphatic carbocycles. The van der Waals surface area contributed by atoms with E-state index in [1.165, 1.54) is 30.6 Å². The maximum atomic E-state index is 10.7. The van der Waals surface area contributed by atoms with E-state index in [0.717, 1.165) is 0 Å². The van der Waals surface area contributed by atoms with Crippen LogP contribution in [0.3, 0.4) is 0 Å². The number of aromatic hydroxyl groups is 1. The van der Waals surface area contributed by atoms with Gasteiger partial charge in [-0.05, 0) is 12.1 Å². The van der Waals surface area contributed by atoms with Crippen LogP contribution in [0.4, 0.5) is 17.2 Å². The molecular weight excluding hydrogens is 224 g/mol. The summed E-state index contributed by atoms with van der Waals surface area (Å²) < 4.78 is 0. The molecule has 0 aliphatic rings. The minimum absolute atomic E-state index is 0.119. The van der Waals surface area contributed by atoms with Gasteiger partial charge in [0.1, 0.15) is 0 Å². The molecule has 0 unspecified atom stereocenters. The summed E-state index contributed by atoms with van der Waals surface area (Å²) in [5.74, 6) is 0.0102. The van der Waals surface area contributed by atoms with Crippen molar-refractivity contribution in [3.63, 3.8) is 0 Å². The molecular formula is C10H8N4O3. The first-order valence-electron chi connectivity index (χ1n) is 4.68. The standard InChI is InChI=1S/C10H8N4O3/c15-9-4-3-7(6-12-9)13-10-8(14(16)17)2-1-5-11-10/h1-6H,(H,11,13)(H,12,15). The van der Waals surface area contributed by atoms with Gasteiger partial charge in [0.15, 0.2) is 0 Å². The summed E-state index contributed by atoms with van der Waals surface area (Å²) in [7, 11) is 0. The normalized spacial score (nSPS) is 9.88. The molecule has 7 heteroatoms. The van der Waals surface area contributed by atoms with Crippen molar-refractivity contribution in [3.05, 3.63) is 46.8 Å². The quantitative estimate of drug-likeness (QED) is 0.618. The van der Waals surface area contributed by atoms with E-state index in [1.807, 2.05) is 0 Å². The van der Waals surface area contributed by atoms with Gasteiger partial charge in [-0.15, -0.1) is 0 Å². The molecule has 0 fully saturated rings. The van der Waals surface area contributed by atoms with Crippen molar-refractivity contribution in [2.75, 3.05) is 5.32 Å². The number of hydrogen-bond donors (Lipinski definition) is 2. The molecule has 0 aliphatic heterocycles. The van der Waals surface area contributed by atoms with E-state index < -0.39 is 4.92 Å². The van der Waals surface area contributed by atoms with Crippen molar-refractivity contribution >= 4 is 17.2 Å². The lowest BCUT2D eigenvalue weighted by Gasteiger charge is -2.04. The van der Waals surface area contributed by atoms with Crippen LogP contribution in [0.5, 0.6) is 5.88 Å². The van der Waals surface area contributed by atoms with E-state index in [2.05, 4.69) is 15.3 Å². The SMILES string of the molecule is O=[N+]([O-])c1cccnc1Nc1ccc(O)nc1. The lowest BCUT2D eigenvalue weighted by molar-refractivity contribution is -0.384. The molecule has 2 aromatic heterocycles. The van der Waals surface area contributed by atoms with Crippen LogP contribution < -0.4 is 5.32 Å². The van der Waals surface area contributed by atoms with E-state index >= 15 is 0 Å². The fourth-order valence-corrected chi connectivity index (χ4v) is 1.24. The van der Waals surface area contributed by atoms with Crippen LogP contribution in [0.2, 0.25) is 0 Å². The number of hydrogen-bond acceptors (Lipinski definition) is 6. The molecule has 0 bridgehead atoms. The van der Waals surface area contributed by atoms with E-state index in [9.17, 15) is 10.1 Å². The van der Waals surface area contributed by atoms with Gasteiger partial charge >= 0.3 is 5.69 Å². The third-order valence-corrected chi connectivity index (χ3v) is 1.99. The second kappa shape index (κ2) is 4.44. The van der Waals surface area contributed by atoms with E-state index in [1.54, 1.807) is 6.07 Å². The highest BCUT2D eigenvalue weighted by atomic mass is 16.6.